The van der Waals surface area contributed by atoms with Crippen molar-refractivity contribution in [2.75, 3.05) is 13.7 Å². The van der Waals surface area contributed by atoms with Crippen LogP contribution in [0.3, 0.4) is 0 Å². The van der Waals surface area contributed by atoms with Gasteiger partial charge in [0.2, 0.25) is 0 Å². The smallest absolute Gasteiger partial charge is 0.264 e. The Bertz CT molecular complexity index is 376. The first-order chi connectivity index (χ1) is 8.22. The van der Waals surface area contributed by atoms with Crippen molar-refractivity contribution in [1.82, 2.24) is 5.32 Å². The first-order valence-electron chi connectivity index (χ1n) is 5.89. The highest BCUT2D eigenvalue weighted by atomic mass is 19.3. The molecule has 0 amide bonds. The lowest BCUT2D eigenvalue weighted by Crippen LogP contribution is -2.24. The number of methoxy groups -OCH3 is 1. The number of hydrogen-bond donors (Lipinski definition) is 1. The Morgan fingerprint density at radius 3 is 2.88 bits per heavy atom. The van der Waals surface area contributed by atoms with Gasteiger partial charge in [-0.25, -0.2) is 8.78 Å². The normalized spacial score (nSPS) is 19.9. The summed E-state index contributed by atoms with van der Waals surface area (Å²) in [6.45, 7) is 0.976. The van der Waals surface area contributed by atoms with E-state index < -0.39 is 6.43 Å². The van der Waals surface area contributed by atoms with Gasteiger partial charge in [-0.15, -0.1) is 0 Å². The zero-order chi connectivity index (χ0) is 12.3. The fourth-order valence-corrected chi connectivity index (χ4v) is 2.37. The lowest BCUT2D eigenvalue weighted by atomic mass is 9.98. The first-order valence-corrected chi connectivity index (χ1v) is 5.89. The fourth-order valence-electron chi connectivity index (χ4n) is 2.37. The average molecular weight is 241 g/mol. The van der Waals surface area contributed by atoms with Crippen LogP contribution in [0.15, 0.2) is 18.2 Å². The highest BCUT2D eigenvalue weighted by molar-refractivity contribution is 5.41. The summed E-state index contributed by atoms with van der Waals surface area (Å²) in [6, 6.07) is 5.14. The van der Waals surface area contributed by atoms with Crippen molar-refractivity contribution in [3.05, 3.63) is 29.3 Å². The molecule has 94 valence electrons. The van der Waals surface area contributed by atoms with E-state index in [-0.39, 0.29) is 5.56 Å². The minimum absolute atomic E-state index is 0.0954. The van der Waals surface area contributed by atoms with Crippen LogP contribution < -0.4 is 10.1 Å². The minimum atomic E-state index is -2.44. The number of ether oxygens (including phenoxy) is 1. The predicted molar refractivity (Wildman–Crippen MR) is 62.7 cm³/mol. The van der Waals surface area contributed by atoms with Gasteiger partial charge in [0.15, 0.2) is 0 Å². The van der Waals surface area contributed by atoms with Gasteiger partial charge in [-0.2, -0.15) is 0 Å². The molecule has 1 atom stereocenters. The number of nitrogens with one attached hydrogen (secondary N) is 1. The molecule has 1 saturated heterocycles. The fraction of sp³-hybridized carbons (Fsp3) is 0.538. The van der Waals surface area contributed by atoms with Crippen molar-refractivity contribution < 1.29 is 13.5 Å². The van der Waals surface area contributed by atoms with Gasteiger partial charge in [-0.3, -0.25) is 0 Å². The summed E-state index contributed by atoms with van der Waals surface area (Å²) in [6.07, 6.45) is 0.329. The van der Waals surface area contributed by atoms with Crippen LogP contribution in [0.5, 0.6) is 5.75 Å². The molecule has 1 fully saturated rings. The second-order valence-electron chi connectivity index (χ2n) is 4.33. The maximum atomic E-state index is 12.9. The van der Waals surface area contributed by atoms with Gasteiger partial charge in [0.25, 0.3) is 6.43 Å². The summed E-state index contributed by atoms with van der Waals surface area (Å²) in [5.41, 5.74) is 0.738. The maximum absolute atomic E-state index is 12.9. The molecular formula is C13H17F2NO. The zero-order valence-electron chi connectivity index (χ0n) is 9.88. The van der Waals surface area contributed by atoms with Crippen molar-refractivity contribution in [3.8, 4) is 5.75 Å². The van der Waals surface area contributed by atoms with Crippen molar-refractivity contribution >= 4 is 0 Å². The molecular weight excluding hydrogens is 224 g/mol. The SMILES string of the molecule is COc1cccc(C(F)F)c1CC1CCCN1. The third-order valence-electron chi connectivity index (χ3n) is 3.24. The molecule has 2 rings (SSSR count). The first kappa shape index (κ1) is 12.3. The molecule has 1 unspecified atom stereocenters. The van der Waals surface area contributed by atoms with E-state index in [4.69, 9.17) is 4.74 Å². The van der Waals surface area contributed by atoms with Crippen LogP contribution in [0.2, 0.25) is 0 Å². The van der Waals surface area contributed by atoms with E-state index in [9.17, 15) is 8.78 Å². The summed E-state index contributed by atoms with van der Waals surface area (Å²) in [5.74, 6) is 0.566. The third kappa shape index (κ3) is 2.75. The van der Waals surface area contributed by atoms with Gasteiger partial charge in [-0.1, -0.05) is 12.1 Å². The Balaban J connectivity index is 2.27. The average Bonchev–Trinajstić information content (AvgIpc) is 2.82. The van der Waals surface area contributed by atoms with Crippen LogP contribution in [0.1, 0.15) is 30.4 Å². The van der Waals surface area contributed by atoms with Gasteiger partial charge >= 0.3 is 0 Å². The Kier molecular flexibility index (Phi) is 3.94. The van der Waals surface area contributed by atoms with Crippen LogP contribution >= 0.6 is 0 Å². The quantitative estimate of drug-likeness (QED) is 0.875. The number of halogens is 2. The summed E-state index contributed by atoms with van der Waals surface area (Å²) in [7, 11) is 1.52. The van der Waals surface area contributed by atoms with Crippen molar-refractivity contribution in [2.24, 2.45) is 0 Å². The van der Waals surface area contributed by atoms with E-state index in [2.05, 4.69) is 5.32 Å². The van der Waals surface area contributed by atoms with Gasteiger partial charge in [0.05, 0.1) is 7.11 Å². The maximum Gasteiger partial charge on any atom is 0.264 e. The van der Waals surface area contributed by atoms with E-state index in [1.54, 1.807) is 12.1 Å². The number of hydrogen-bond acceptors (Lipinski definition) is 2. The lowest BCUT2D eigenvalue weighted by Gasteiger charge is -2.17. The molecule has 0 saturated carbocycles. The zero-order valence-corrected chi connectivity index (χ0v) is 9.88. The standard InChI is InChI=1S/C13H17F2NO/c1-17-12-6-2-5-10(13(14)15)11(12)8-9-4-3-7-16-9/h2,5-6,9,13,16H,3-4,7-8H2,1H3. The molecule has 4 heteroatoms. The van der Waals surface area contributed by atoms with Crippen LogP contribution in [-0.2, 0) is 6.42 Å². The molecule has 17 heavy (non-hydrogen) atoms. The van der Waals surface area contributed by atoms with Gasteiger partial charge in [-0.05, 0) is 31.9 Å². The van der Waals surface area contributed by atoms with Gasteiger partial charge < -0.3 is 10.1 Å². The minimum Gasteiger partial charge on any atom is -0.496 e. The Labute approximate surface area is 100.0 Å². The molecule has 1 aromatic carbocycles. The molecule has 0 bridgehead atoms. The second kappa shape index (κ2) is 5.45. The molecule has 1 aliphatic rings. The largest absolute Gasteiger partial charge is 0.496 e. The summed E-state index contributed by atoms with van der Waals surface area (Å²) >= 11 is 0. The predicted octanol–water partition coefficient (Wildman–Crippen LogP) is 2.93. The van der Waals surface area contributed by atoms with Crippen molar-refractivity contribution in [2.45, 2.75) is 31.7 Å². The van der Waals surface area contributed by atoms with Crippen molar-refractivity contribution in [1.29, 1.82) is 0 Å². The summed E-state index contributed by atoms with van der Waals surface area (Å²) in [5, 5.41) is 3.32. The molecule has 0 aliphatic carbocycles. The number of rotatable bonds is 4. The summed E-state index contributed by atoms with van der Waals surface area (Å²) < 4.78 is 31.1. The lowest BCUT2D eigenvalue weighted by molar-refractivity contribution is 0.149. The molecule has 0 radical (unpaired) electrons. The Morgan fingerprint density at radius 1 is 1.47 bits per heavy atom. The number of alkyl halides is 2. The van der Waals surface area contributed by atoms with E-state index in [0.29, 0.717) is 23.8 Å². The van der Waals surface area contributed by atoms with Crippen LogP contribution in [-0.4, -0.2) is 19.7 Å². The topological polar surface area (TPSA) is 21.3 Å². The molecule has 1 heterocycles. The molecule has 0 spiro atoms. The van der Waals surface area contributed by atoms with Crippen molar-refractivity contribution in [3.63, 3.8) is 0 Å². The second-order valence-corrected chi connectivity index (χ2v) is 4.33. The number of benzene rings is 1. The molecule has 1 aliphatic heterocycles. The third-order valence-corrected chi connectivity index (χ3v) is 3.24. The van der Waals surface area contributed by atoms with Crippen LogP contribution in [0, 0.1) is 0 Å². The molecule has 1 N–H and O–H groups in total. The van der Waals surface area contributed by atoms with Gasteiger partial charge in [0, 0.05) is 17.2 Å². The monoisotopic (exact) mass is 241 g/mol. The summed E-state index contributed by atoms with van der Waals surface area (Å²) in [4.78, 5) is 0. The van der Waals surface area contributed by atoms with Gasteiger partial charge in [0.1, 0.15) is 5.75 Å². The van der Waals surface area contributed by atoms with E-state index in [1.165, 1.54) is 13.2 Å². The van der Waals surface area contributed by atoms with E-state index in [0.717, 1.165) is 19.4 Å². The highest BCUT2D eigenvalue weighted by Crippen LogP contribution is 2.31. The van der Waals surface area contributed by atoms with E-state index in [1.807, 2.05) is 0 Å². The van der Waals surface area contributed by atoms with Crippen LogP contribution in [0.25, 0.3) is 0 Å². The Morgan fingerprint density at radius 2 is 2.29 bits per heavy atom. The highest BCUT2D eigenvalue weighted by Gasteiger charge is 2.22. The Hall–Kier alpha value is -1.16. The molecule has 1 aromatic rings. The van der Waals surface area contributed by atoms with E-state index >= 15 is 0 Å². The van der Waals surface area contributed by atoms with Crippen LogP contribution in [0.4, 0.5) is 8.78 Å². The molecule has 0 aromatic heterocycles. The molecule has 2 nitrogen and oxygen atoms in total.